The zero-order valence-electron chi connectivity index (χ0n) is 11.1. The van der Waals surface area contributed by atoms with Crippen LogP contribution in [0.15, 0.2) is 12.4 Å². The maximum Gasteiger partial charge on any atom is 0.0534 e. The van der Waals surface area contributed by atoms with E-state index in [4.69, 9.17) is 0 Å². The molecule has 0 unspecified atom stereocenters. The lowest BCUT2D eigenvalue weighted by molar-refractivity contribution is 0.358. The highest BCUT2D eigenvalue weighted by atomic mass is 15.2. The van der Waals surface area contributed by atoms with E-state index in [1.165, 1.54) is 24.8 Å². The maximum atomic E-state index is 4.14. The summed E-state index contributed by atoms with van der Waals surface area (Å²) in [5, 5.41) is 7.59. The second-order valence-electron chi connectivity index (χ2n) is 5.72. The number of hydrogen-bond acceptors (Lipinski definition) is 2. The van der Waals surface area contributed by atoms with E-state index in [0.717, 1.165) is 13.1 Å². The summed E-state index contributed by atoms with van der Waals surface area (Å²) in [5.74, 6) is 0. The molecule has 0 amide bonds. The molecular formula is C13H25N3. The van der Waals surface area contributed by atoms with Crippen LogP contribution in [-0.4, -0.2) is 16.3 Å². The Balaban J connectivity index is 2.00. The SMILES string of the molecule is Cn1cc(CNCCCCC(C)(C)C)cn1. The molecule has 0 radical (unpaired) electrons. The zero-order valence-corrected chi connectivity index (χ0v) is 11.1. The van der Waals surface area contributed by atoms with E-state index >= 15 is 0 Å². The van der Waals surface area contributed by atoms with Gasteiger partial charge in [-0.3, -0.25) is 4.68 Å². The van der Waals surface area contributed by atoms with E-state index < -0.39 is 0 Å². The molecule has 0 aliphatic rings. The Kier molecular flexibility index (Phi) is 5.00. The molecule has 1 aromatic heterocycles. The van der Waals surface area contributed by atoms with Crippen molar-refractivity contribution in [1.82, 2.24) is 15.1 Å². The highest BCUT2D eigenvalue weighted by molar-refractivity contribution is 5.02. The van der Waals surface area contributed by atoms with Gasteiger partial charge in [0.15, 0.2) is 0 Å². The topological polar surface area (TPSA) is 29.9 Å². The van der Waals surface area contributed by atoms with Gasteiger partial charge >= 0.3 is 0 Å². The molecule has 16 heavy (non-hydrogen) atoms. The van der Waals surface area contributed by atoms with Crippen molar-refractivity contribution < 1.29 is 0 Å². The van der Waals surface area contributed by atoms with Crippen LogP contribution < -0.4 is 5.32 Å². The summed E-state index contributed by atoms with van der Waals surface area (Å²) < 4.78 is 1.84. The average molecular weight is 223 g/mol. The summed E-state index contributed by atoms with van der Waals surface area (Å²) >= 11 is 0. The fourth-order valence-electron chi connectivity index (χ4n) is 1.70. The lowest BCUT2D eigenvalue weighted by Gasteiger charge is -2.17. The first-order valence-corrected chi connectivity index (χ1v) is 6.16. The molecule has 0 fully saturated rings. The fourth-order valence-corrected chi connectivity index (χ4v) is 1.70. The monoisotopic (exact) mass is 223 g/mol. The summed E-state index contributed by atoms with van der Waals surface area (Å²) in [7, 11) is 1.95. The van der Waals surface area contributed by atoms with E-state index in [0.29, 0.717) is 5.41 Å². The predicted molar refractivity (Wildman–Crippen MR) is 68.2 cm³/mol. The van der Waals surface area contributed by atoms with E-state index in [1.807, 2.05) is 17.9 Å². The molecule has 92 valence electrons. The van der Waals surface area contributed by atoms with Crippen molar-refractivity contribution in [1.29, 1.82) is 0 Å². The van der Waals surface area contributed by atoms with Gasteiger partial charge in [0.2, 0.25) is 0 Å². The first-order valence-electron chi connectivity index (χ1n) is 6.16. The van der Waals surface area contributed by atoms with Crippen LogP contribution in [-0.2, 0) is 13.6 Å². The molecule has 0 saturated carbocycles. The van der Waals surface area contributed by atoms with Crippen molar-refractivity contribution >= 4 is 0 Å². The number of hydrogen-bond donors (Lipinski definition) is 1. The number of unbranched alkanes of at least 4 members (excludes halogenated alkanes) is 1. The van der Waals surface area contributed by atoms with Gasteiger partial charge in [0.25, 0.3) is 0 Å². The molecule has 0 atom stereocenters. The smallest absolute Gasteiger partial charge is 0.0534 e. The molecule has 0 spiro atoms. The van der Waals surface area contributed by atoms with Gasteiger partial charge in [-0.1, -0.05) is 27.2 Å². The number of aromatic nitrogens is 2. The van der Waals surface area contributed by atoms with Gasteiger partial charge in [0.1, 0.15) is 0 Å². The third kappa shape index (κ3) is 5.91. The molecule has 3 nitrogen and oxygen atoms in total. The Morgan fingerprint density at radius 1 is 1.31 bits per heavy atom. The first kappa shape index (κ1) is 13.2. The highest BCUT2D eigenvalue weighted by Gasteiger charge is 2.08. The first-order chi connectivity index (χ1) is 7.47. The van der Waals surface area contributed by atoms with Crippen molar-refractivity contribution in [3.05, 3.63) is 18.0 Å². The van der Waals surface area contributed by atoms with Gasteiger partial charge < -0.3 is 5.32 Å². The quantitative estimate of drug-likeness (QED) is 0.752. The number of rotatable bonds is 6. The van der Waals surface area contributed by atoms with Crippen LogP contribution >= 0.6 is 0 Å². The standard InChI is InChI=1S/C13H25N3/c1-13(2,3)7-5-6-8-14-9-12-10-15-16(4)11-12/h10-11,14H,5-9H2,1-4H3. The Hall–Kier alpha value is -0.830. The summed E-state index contributed by atoms with van der Waals surface area (Å²) in [6.07, 6.45) is 7.85. The van der Waals surface area contributed by atoms with Crippen LogP contribution in [0.5, 0.6) is 0 Å². The second-order valence-corrected chi connectivity index (χ2v) is 5.72. The Morgan fingerprint density at radius 2 is 2.06 bits per heavy atom. The summed E-state index contributed by atoms with van der Waals surface area (Å²) in [4.78, 5) is 0. The van der Waals surface area contributed by atoms with Crippen molar-refractivity contribution in [3.63, 3.8) is 0 Å². The summed E-state index contributed by atoms with van der Waals surface area (Å²) in [5.41, 5.74) is 1.74. The molecule has 1 aromatic rings. The molecule has 0 aromatic carbocycles. The van der Waals surface area contributed by atoms with Crippen molar-refractivity contribution in [2.75, 3.05) is 6.54 Å². The van der Waals surface area contributed by atoms with Crippen molar-refractivity contribution in [2.45, 2.75) is 46.6 Å². The van der Waals surface area contributed by atoms with Crippen LogP contribution in [0.1, 0.15) is 45.6 Å². The molecule has 0 aliphatic heterocycles. The molecule has 1 N–H and O–H groups in total. The van der Waals surface area contributed by atoms with Crippen molar-refractivity contribution in [2.24, 2.45) is 12.5 Å². The highest BCUT2D eigenvalue weighted by Crippen LogP contribution is 2.21. The van der Waals surface area contributed by atoms with Crippen molar-refractivity contribution in [3.8, 4) is 0 Å². The van der Waals surface area contributed by atoms with Gasteiger partial charge in [-0.05, 0) is 24.8 Å². The van der Waals surface area contributed by atoms with Gasteiger partial charge in [0.05, 0.1) is 6.20 Å². The lowest BCUT2D eigenvalue weighted by Crippen LogP contribution is -2.15. The van der Waals surface area contributed by atoms with Crippen LogP contribution in [0.4, 0.5) is 0 Å². The Bertz CT molecular complexity index is 296. The molecular weight excluding hydrogens is 198 g/mol. The molecule has 3 heteroatoms. The van der Waals surface area contributed by atoms with E-state index in [-0.39, 0.29) is 0 Å². The molecule has 0 bridgehead atoms. The molecule has 0 saturated heterocycles. The van der Waals surface area contributed by atoms with Gasteiger partial charge in [-0.15, -0.1) is 0 Å². The third-order valence-corrected chi connectivity index (χ3v) is 2.62. The molecule has 1 rings (SSSR count). The van der Waals surface area contributed by atoms with E-state index in [1.54, 1.807) is 0 Å². The normalized spacial score (nSPS) is 12.0. The van der Waals surface area contributed by atoms with E-state index in [2.05, 4.69) is 37.4 Å². The van der Waals surface area contributed by atoms with Gasteiger partial charge in [-0.25, -0.2) is 0 Å². The number of aryl methyl sites for hydroxylation is 1. The Morgan fingerprint density at radius 3 is 2.62 bits per heavy atom. The average Bonchev–Trinajstić information content (AvgIpc) is 2.56. The van der Waals surface area contributed by atoms with Gasteiger partial charge in [0, 0.05) is 25.4 Å². The summed E-state index contributed by atoms with van der Waals surface area (Å²) in [6, 6.07) is 0. The van der Waals surface area contributed by atoms with Crippen LogP contribution in [0.2, 0.25) is 0 Å². The summed E-state index contributed by atoms with van der Waals surface area (Å²) in [6.45, 7) is 8.94. The van der Waals surface area contributed by atoms with Gasteiger partial charge in [-0.2, -0.15) is 5.10 Å². The maximum absolute atomic E-state index is 4.14. The third-order valence-electron chi connectivity index (χ3n) is 2.62. The minimum Gasteiger partial charge on any atom is -0.313 e. The van der Waals surface area contributed by atoms with E-state index in [9.17, 15) is 0 Å². The zero-order chi connectivity index (χ0) is 12.0. The number of nitrogens with one attached hydrogen (secondary N) is 1. The molecule has 1 heterocycles. The van der Waals surface area contributed by atoms with Crippen LogP contribution in [0, 0.1) is 5.41 Å². The van der Waals surface area contributed by atoms with Crippen LogP contribution in [0.3, 0.4) is 0 Å². The minimum atomic E-state index is 0.476. The fraction of sp³-hybridized carbons (Fsp3) is 0.769. The molecule has 0 aliphatic carbocycles. The Labute approximate surface area is 99.2 Å². The van der Waals surface area contributed by atoms with Crippen LogP contribution in [0.25, 0.3) is 0 Å². The minimum absolute atomic E-state index is 0.476. The second kappa shape index (κ2) is 6.04. The largest absolute Gasteiger partial charge is 0.313 e. The number of nitrogens with zero attached hydrogens (tertiary/aromatic N) is 2. The predicted octanol–water partition coefficient (Wildman–Crippen LogP) is 2.73. The lowest BCUT2D eigenvalue weighted by atomic mass is 9.90.